The van der Waals surface area contributed by atoms with Gasteiger partial charge in [0.15, 0.2) is 4.77 Å². The Morgan fingerprint density at radius 3 is 2.67 bits per heavy atom. The van der Waals surface area contributed by atoms with Gasteiger partial charge in [-0.2, -0.15) is 5.10 Å². The standard InChI is InChI=1S/C21H25N5O2S2/c1-3-26-18(23-24-21(26)29)14-9-11-25(12-10-14)20(27)17-13-30-19(22-17)15-5-7-16(8-6-15)28-4-2/h5-8,13-14H,3-4,9-12H2,1-2H3,(H,24,29). The smallest absolute Gasteiger partial charge is 0.273 e. The van der Waals surface area contributed by atoms with Crippen molar-refractivity contribution in [2.45, 2.75) is 39.2 Å². The Morgan fingerprint density at radius 1 is 1.27 bits per heavy atom. The Balaban J connectivity index is 1.40. The molecule has 1 aromatic carbocycles. The number of hydrogen-bond acceptors (Lipinski definition) is 6. The van der Waals surface area contributed by atoms with E-state index in [2.05, 4.69) is 22.1 Å². The summed E-state index contributed by atoms with van der Waals surface area (Å²) in [5.41, 5.74) is 1.50. The summed E-state index contributed by atoms with van der Waals surface area (Å²) in [5.74, 6) is 2.15. The molecule has 1 aliphatic rings. The molecule has 0 radical (unpaired) electrons. The highest BCUT2D eigenvalue weighted by atomic mass is 32.1. The molecule has 9 heteroatoms. The third-order valence-corrected chi connectivity index (χ3v) is 6.59. The summed E-state index contributed by atoms with van der Waals surface area (Å²) in [5, 5.41) is 10.0. The first kappa shape index (κ1) is 20.7. The highest BCUT2D eigenvalue weighted by Gasteiger charge is 2.28. The van der Waals surface area contributed by atoms with Crippen LogP contribution in [0.2, 0.25) is 0 Å². The van der Waals surface area contributed by atoms with E-state index in [1.54, 1.807) is 0 Å². The third-order valence-electron chi connectivity index (χ3n) is 5.39. The molecule has 2 aromatic heterocycles. The van der Waals surface area contributed by atoms with Crippen LogP contribution < -0.4 is 4.74 Å². The Labute approximate surface area is 184 Å². The lowest BCUT2D eigenvalue weighted by Gasteiger charge is -2.31. The van der Waals surface area contributed by atoms with Gasteiger partial charge in [-0.25, -0.2) is 4.98 Å². The lowest BCUT2D eigenvalue weighted by atomic mass is 9.95. The number of carbonyl (C=O) groups is 1. The van der Waals surface area contributed by atoms with E-state index >= 15 is 0 Å². The van der Waals surface area contributed by atoms with Crippen LogP contribution in [0.1, 0.15) is 48.9 Å². The molecule has 1 amide bonds. The Bertz CT molecular complexity index is 1060. The first-order chi connectivity index (χ1) is 14.6. The van der Waals surface area contributed by atoms with Crippen LogP contribution in [0.25, 0.3) is 10.6 Å². The number of piperidine rings is 1. The predicted molar refractivity (Wildman–Crippen MR) is 120 cm³/mol. The number of carbonyl (C=O) groups excluding carboxylic acids is 1. The number of nitrogens with zero attached hydrogens (tertiary/aromatic N) is 4. The van der Waals surface area contributed by atoms with Crippen molar-refractivity contribution in [3.8, 4) is 16.3 Å². The summed E-state index contributed by atoms with van der Waals surface area (Å²) < 4.78 is 8.19. The summed E-state index contributed by atoms with van der Waals surface area (Å²) in [7, 11) is 0. The Kier molecular flexibility index (Phi) is 6.29. The molecule has 4 rings (SSSR count). The zero-order valence-electron chi connectivity index (χ0n) is 17.1. The molecule has 0 bridgehead atoms. The van der Waals surface area contributed by atoms with E-state index in [9.17, 15) is 4.79 Å². The molecule has 1 fully saturated rings. The van der Waals surface area contributed by atoms with Crippen molar-refractivity contribution in [3.05, 3.63) is 45.9 Å². The van der Waals surface area contributed by atoms with Gasteiger partial charge in [-0.3, -0.25) is 9.89 Å². The van der Waals surface area contributed by atoms with Crippen molar-refractivity contribution >= 4 is 29.5 Å². The summed E-state index contributed by atoms with van der Waals surface area (Å²) >= 11 is 6.79. The summed E-state index contributed by atoms with van der Waals surface area (Å²) in [6.45, 7) is 6.86. The normalized spacial score (nSPS) is 14.8. The molecule has 3 aromatic rings. The monoisotopic (exact) mass is 443 g/mol. The number of hydrogen-bond donors (Lipinski definition) is 1. The maximum absolute atomic E-state index is 13.0. The minimum absolute atomic E-state index is 0.00348. The highest BCUT2D eigenvalue weighted by Crippen LogP contribution is 2.29. The molecule has 0 saturated carbocycles. The lowest BCUT2D eigenvalue weighted by Crippen LogP contribution is -2.38. The second-order valence-electron chi connectivity index (χ2n) is 7.19. The number of nitrogens with one attached hydrogen (secondary N) is 1. The molecule has 1 aliphatic heterocycles. The van der Waals surface area contributed by atoms with Crippen molar-refractivity contribution in [1.82, 2.24) is 24.6 Å². The summed E-state index contributed by atoms with van der Waals surface area (Å²) in [6, 6.07) is 7.81. The van der Waals surface area contributed by atoms with E-state index in [1.807, 2.05) is 46.0 Å². The number of rotatable bonds is 6. The van der Waals surface area contributed by atoms with E-state index in [4.69, 9.17) is 17.0 Å². The van der Waals surface area contributed by atoms with Crippen LogP contribution >= 0.6 is 23.6 Å². The van der Waals surface area contributed by atoms with Gasteiger partial charge in [-0.15, -0.1) is 11.3 Å². The molecule has 0 atom stereocenters. The largest absolute Gasteiger partial charge is 0.494 e. The van der Waals surface area contributed by atoms with E-state index in [0.29, 0.717) is 36.1 Å². The highest BCUT2D eigenvalue weighted by molar-refractivity contribution is 7.71. The van der Waals surface area contributed by atoms with Crippen LogP contribution in [0.15, 0.2) is 29.6 Å². The zero-order valence-corrected chi connectivity index (χ0v) is 18.8. The number of H-pyrrole nitrogens is 1. The third kappa shape index (κ3) is 4.17. The predicted octanol–water partition coefficient (Wildman–Crippen LogP) is 4.50. The van der Waals surface area contributed by atoms with E-state index < -0.39 is 0 Å². The van der Waals surface area contributed by atoms with Gasteiger partial charge >= 0.3 is 0 Å². The molecule has 7 nitrogen and oxygen atoms in total. The van der Waals surface area contributed by atoms with Crippen LogP contribution in [0.3, 0.4) is 0 Å². The molecule has 3 heterocycles. The number of aromatic amines is 1. The SMILES string of the molecule is CCOc1ccc(-c2nc(C(=O)N3CCC(c4n[nH]c(=S)n4CC)CC3)cs2)cc1. The number of thiazole rings is 1. The number of likely N-dealkylation sites (tertiary alicyclic amines) is 1. The van der Waals surface area contributed by atoms with Crippen LogP contribution in [0, 0.1) is 4.77 Å². The number of aromatic nitrogens is 4. The van der Waals surface area contributed by atoms with Crippen molar-refractivity contribution in [3.63, 3.8) is 0 Å². The lowest BCUT2D eigenvalue weighted by molar-refractivity contribution is 0.0705. The average molecular weight is 444 g/mol. The quantitative estimate of drug-likeness (QED) is 0.568. The first-order valence-corrected chi connectivity index (χ1v) is 11.5. The molecule has 0 unspecified atom stereocenters. The maximum atomic E-state index is 13.0. The topological polar surface area (TPSA) is 76.0 Å². The number of ether oxygens (including phenoxy) is 1. The fraction of sp³-hybridized carbons (Fsp3) is 0.429. The van der Waals surface area contributed by atoms with Crippen molar-refractivity contribution in [2.75, 3.05) is 19.7 Å². The van der Waals surface area contributed by atoms with Crippen LogP contribution in [-0.4, -0.2) is 50.3 Å². The molecule has 1 N–H and O–H groups in total. The fourth-order valence-corrected chi connectivity index (χ4v) is 4.88. The molecule has 0 spiro atoms. The van der Waals surface area contributed by atoms with Crippen molar-refractivity contribution in [1.29, 1.82) is 0 Å². The van der Waals surface area contributed by atoms with Crippen LogP contribution in [0.5, 0.6) is 5.75 Å². The van der Waals surface area contributed by atoms with Crippen molar-refractivity contribution in [2.24, 2.45) is 0 Å². The molecular formula is C21H25N5O2S2. The molecule has 0 aliphatic carbocycles. The first-order valence-electron chi connectivity index (χ1n) is 10.2. The van der Waals surface area contributed by atoms with Gasteiger partial charge in [0.2, 0.25) is 0 Å². The minimum atomic E-state index is -0.00348. The zero-order chi connectivity index (χ0) is 21.1. The summed E-state index contributed by atoms with van der Waals surface area (Å²) in [4.78, 5) is 19.4. The van der Waals surface area contributed by atoms with Crippen molar-refractivity contribution < 1.29 is 9.53 Å². The van der Waals surface area contributed by atoms with Gasteiger partial charge in [0, 0.05) is 36.5 Å². The average Bonchev–Trinajstić information content (AvgIpc) is 3.41. The summed E-state index contributed by atoms with van der Waals surface area (Å²) in [6.07, 6.45) is 1.75. The number of amides is 1. The van der Waals surface area contributed by atoms with Gasteiger partial charge in [0.1, 0.15) is 22.3 Å². The van der Waals surface area contributed by atoms with Gasteiger partial charge in [-0.1, -0.05) is 0 Å². The van der Waals surface area contributed by atoms with Gasteiger partial charge in [0.05, 0.1) is 6.61 Å². The van der Waals surface area contributed by atoms with Gasteiger partial charge in [-0.05, 0) is 63.2 Å². The minimum Gasteiger partial charge on any atom is -0.494 e. The Hall–Kier alpha value is -2.52. The van der Waals surface area contributed by atoms with Gasteiger partial charge < -0.3 is 14.2 Å². The molecule has 30 heavy (non-hydrogen) atoms. The Morgan fingerprint density at radius 2 is 2.00 bits per heavy atom. The van der Waals surface area contributed by atoms with E-state index in [-0.39, 0.29) is 5.91 Å². The molecule has 158 valence electrons. The molecule has 1 saturated heterocycles. The van der Waals surface area contributed by atoms with E-state index in [1.165, 1.54) is 11.3 Å². The second kappa shape index (κ2) is 9.09. The van der Waals surface area contributed by atoms with Crippen LogP contribution in [0.4, 0.5) is 0 Å². The second-order valence-corrected chi connectivity index (χ2v) is 8.44. The number of benzene rings is 1. The van der Waals surface area contributed by atoms with Gasteiger partial charge in [0.25, 0.3) is 5.91 Å². The fourth-order valence-electron chi connectivity index (χ4n) is 3.81. The van der Waals surface area contributed by atoms with Crippen LogP contribution in [-0.2, 0) is 6.54 Å². The molecular weight excluding hydrogens is 418 g/mol. The maximum Gasteiger partial charge on any atom is 0.273 e. The van der Waals surface area contributed by atoms with E-state index in [0.717, 1.165) is 41.5 Å².